The second kappa shape index (κ2) is 6.23. The molecule has 0 aliphatic rings. The zero-order valence-corrected chi connectivity index (χ0v) is 11.3. The summed E-state index contributed by atoms with van der Waals surface area (Å²) in [6, 6.07) is 7.71. The highest BCUT2D eigenvalue weighted by Crippen LogP contribution is 2.15. The highest BCUT2D eigenvalue weighted by molar-refractivity contribution is 9.10. The summed E-state index contributed by atoms with van der Waals surface area (Å²) in [6.07, 6.45) is 0. The van der Waals surface area contributed by atoms with Crippen molar-refractivity contribution in [2.24, 2.45) is 5.73 Å². The zero-order valence-electron chi connectivity index (χ0n) is 9.70. The molecule has 0 aromatic heterocycles. The van der Waals surface area contributed by atoms with E-state index in [0.717, 1.165) is 10.2 Å². The van der Waals surface area contributed by atoms with E-state index in [1.165, 1.54) is 0 Å². The number of ether oxygens (including phenoxy) is 2. The van der Waals surface area contributed by atoms with Gasteiger partial charge in [0.2, 0.25) is 0 Å². The van der Waals surface area contributed by atoms with Crippen molar-refractivity contribution in [3.05, 3.63) is 28.7 Å². The predicted molar refractivity (Wildman–Crippen MR) is 68.7 cm³/mol. The van der Waals surface area contributed by atoms with Crippen LogP contribution in [0.1, 0.15) is 13.8 Å². The van der Waals surface area contributed by atoms with Gasteiger partial charge in [-0.25, -0.2) is 0 Å². The third-order valence-corrected chi connectivity index (χ3v) is 2.31. The van der Waals surface area contributed by atoms with Gasteiger partial charge in [-0.1, -0.05) is 15.9 Å². The van der Waals surface area contributed by atoms with Crippen LogP contribution in [0.25, 0.3) is 0 Å². The van der Waals surface area contributed by atoms with Crippen LogP contribution in [0.2, 0.25) is 0 Å². The largest absolute Gasteiger partial charge is 0.491 e. The van der Waals surface area contributed by atoms with E-state index < -0.39 is 0 Å². The van der Waals surface area contributed by atoms with Crippen LogP contribution in [0.15, 0.2) is 28.7 Å². The number of nitrogens with two attached hydrogens (primary N) is 1. The number of benzene rings is 1. The molecule has 0 atom stereocenters. The van der Waals surface area contributed by atoms with E-state index in [0.29, 0.717) is 19.8 Å². The second-order valence-electron chi connectivity index (χ2n) is 4.34. The first-order valence-corrected chi connectivity index (χ1v) is 6.02. The van der Waals surface area contributed by atoms with Gasteiger partial charge in [-0.2, -0.15) is 0 Å². The van der Waals surface area contributed by atoms with Crippen LogP contribution in [0.4, 0.5) is 0 Å². The SMILES string of the molecule is CC(C)(N)COCCOc1ccc(Br)cc1. The molecule has 16 heavy (non-hydrogen) atoms. The molecule has 1 aromatic carbocycles. The van der Waals surface area contributed by atoms with Gasteiger partial charge in [-0.15, -0.1) is 0 Å². The predicted octanol–water partition coefficient (Wildman–Crippen LogP) is 2.58. The normalized spacial score (nSPS) is 11.5. The Kier molecular flexibility index (Phi) is 5.25. The summed E-state index contributed by atoms with van der Waals surface area (Å²) in [5, 5.41) is 0. The molecule has 90 valence electrons. The van der Waals surface area contributed by atoms with Gasteiger partial charge in [0.1, 0.15) is 12.4 Å². The molecule has 0 saturated carbocycles. The molecule has 0 amide bonds. The van der Waals surface area contributed by atoms with Crippen molar-refractivity contribution < 1.29 is 9.47 Å². The van der Waals surface area contributed by atoms with Crippen LogP contribution in [0.3, 0.4) is 0 Å². The molecule has 1 aromatic rings. The fraction of sp³-hybridized carbons (Fsp3) is 0.500. The van der Waals surface area contributed by atoms with E-state index in [2.05, 4.69) is 15.9 Å². The molecule has 0 heterocycles. The first-order valence-electron chi connectivity index (χ1n) is 5.22. The van der Waals surface area contributed by atoms with Gasteiger partial charge in [0.15, 0.2) is 0 Å². The first kappa shape index (κ1) is 13.5. The molecule has 0 radical (unpaired) electrons. The van der Waals surface area contributed by atoms with Gasteiger partial charge in [0.05, 0.1) is 13.2 Å². The van der Waals surface area contributed by atoms with Crippen LogP contribution in [0.5, 0.6) is 5.75 Å². The summed E-state index contributed by atoms with van der Waals surface area (Å²) >= 11 is 3.37. The lowest BCUT2D eigenvalue weighted by atomic mass is 10.1. The molecule has 1 rings (SSSR count). The quantitative estimate of drug-likeness (QED) is 0.818. The fourth-order valence-electron chi connectivity index (χ4n) is 1.08. The average Bonchev–Trinajstić information content (AvgIpc) is 2.19. The minimum Gasteiger partial charge on any atom is -0.491 e. The van der Waals surface area contributed by atoms with E-state index in [9.17, 15) is 0 Å². The highest BCUT2D eigenvalue weighted by atomic mass is 79.9. The van der Waals surface area contributed by atoms with Crippen LogP contribution < -0.4 is 10.5 Å². The summed E-state index contributed by atoms with van der Waals surface area (Å²) in [4.78, 5) is 0. The maximum atomic E-state index is 5.77. The molecule has 2 N–H and O–H groups in total. The van der Waals surface area contributed by atoms with Crippen LogP contribution >= 0.6 is 15.9 Å². The van der Waals surface area contributed by atoms with E-state index >= 15 is 0 Å². The van der Waals surface area contributed by atoms with Gasteiger partial charge in [0.25, 0.3) is 0 Å². The smallest absolute Gasteiger partial charge is 0.119 e. The van der Waals surface area contributed by atoms with E-state index in [4.69, 9.17) is 15.2 Å². The highest BCUT2D eigenvalue weighted by Gasteiger charge is 2.09. The Morgan fingerprint density at radius 2 is 1.81 bits per heavy atom. The molecule has 4 heteroatoms. The monoisotopic (exact) mass is 287 g/mol. The average molecular weight is 288 g/mol. The summed E-state index contributed by atoms with van der Waals surface area (Å²) in [5.74, 6) is 0.846. The van der Waals surface area contributed by atoms with Crippen LogP contribution in [-0.2, 0) is 4.74 Å². The lowest BCUT2D eigenvalue weighted by molar-refractivity contribution is 0.0724. The van der Waals surface area contributed by atoms with E-state index in [1.54, 1.807) is 0 Å². The number of hydrogen-bond acceptors (Lipinski definition) is 3. The van der Waals surface area contributed by atoms with Crippen molar-refractivity contribution in [1.29, 1.82) is 0 Å². The molecule has 0 fully saturated rings. The van der Waals surface area contributed by atoms with Crippen molar-refractivity contribution in [3.8, 4) is 5.75 Å². The Morgan fingerprint density at radius 1 is 1.19 bits per heavy atom. The van der Waals surface area contributed by atoms with Gasteiger partial charge < -0.3 is 15.2 Å². The number of hydrogen-bond donors (Lipinski definition) is 1. The number of halogens is 1. The molecule has 0 saturated heterocycles. The van der Waals surface area contributed by atoms with Crippen molar-refractivity contribution in [3.63, 3.8) is 0 Å². The second-order valence-corrected chi connectivity index (χ2v) is 5.26. The molecule has 0 bridgehead atoms. The molecule has 0 aliphatic carbocycles. The summed E-state index contributed by atoms with van der Waals surface area (Å²) < 4.78 is 11.9. The minimum absolute atomic E-state index is 0.280. The van der Waals surface area contributed by atoms with Gasteiger partial charge in [-0.05, 0) is 38.1 Å². The van der Waals surface area contributed by atoms with Crippen molar-refractivity contribution in [2.75, 3.05) is 19.8 Å². The third kappa shape index (κ3) is 6.10. The van der Waals surface area contributed by atoms with Gasteiger partial charge >= 0.3 is 0 Å². The minimum atomic E-state index is -0.280. The number of rotatable bonds is 6. The molecule has 0 spiro atoms. The Balaban J connectivity index is 2.14. The Labute approximate surface area is 105 Å². The van der Waals surface area contributed by atoms with Crippen LogP contribution in [0, 0.1) is 0 Å². The fourth-order valence-corrected chi connectivity index (χ4v) is 1.35. The third-order valence-electron chi connectivity index (χ3n) is 1.78. The molecule has 0 unspecified atom stereocenters. The van der Waals surface area contributed by atoms with Crippen molar-refractivity contribution in [1.82, 2.24) is 0 Å². The lowest BCUT2D eigenvalue weighted by Crippen LogP contribution is -2.37. The Bertz CT molecular complexity index is 306. The van der Waals surface area contributed by atoms with Crippen LogP contribution in [-0.4, -0.2) is 25.4 Å². The van der Waals surface area contributed by atoms with E-state index in [1.807, 2.05) is 38.1 Å². The molecule has 3 nitrogen and oxygen atoms in total. The van der Waals surface area contributed by atoms with E-state index in [-0.39, 0.29) is 5.54 Å². The molecular weight excluding hydrogens is 270 g/mol. The van der Waals surface area contributed by atoms with Gasteiger partial charge in [-0.3, -0.25) is 0 Å². The maximum Gasteiger partial charge on any atom is 0.119 e. The molecular formula is C12H18BrNO2. The van der Waals surface area contributed by atoms with Crippen molar-refractivity contribution in [2.45, 2.75) is 19.4 Å². The Morgan fingerprint density at radius 3 is 2.38 bits per heavy atom. The summed E-state index contributed by atoms with van der Waals surface area (Å²) in [5.41, 5.74) is 5.49. The van der Waals surface area contributed by atoms with Gasteiger partial charge in [0, 0.05) is 10.0 Å². The topological polar surface area (TPSA) is 44.5 Å². The summed E-state index contributed by atoms with van der Waals surface area (Å²) in [6.45, 7) is 5.50. The molecule has 0 aliphatic heterocycles. The Hall–Kier alpha value is -0.580. The maximum absolute atomic E-state index is 5.77. The van der Waals surface area contributed by atoms with Crippen molar-refractivity contribution >= 4 is 15.9 Å². The lowest BCUT2D eigenvalue weighted by Gasteiger charge is -2.18. The standard InChI is InChI=1S/C12H18BrNO2/c1-12(2,14)9-15-7-8-16-11-5-3-10(13)4-6-11/h3-6H,7-9,14H2,1-2H3. The first-order chi connectivity index (χ1) is 7.47. The summed E-state index contributed by atoms with van der Waals surface area (Å²) in [7, 11) is 0. The zero-order chi connectivity index (χ0) is 12.0.